The molecule has 7 heteroatoms. The molecular formula is C6H7N7. The molecule has 2 heterocycles. The van der Waals surface area contributed by atoms with E-state index in [9.17, 15) is 0 Å². The fourth-order valence-electron chi connectivity index (χ4n) is 0.894. The number of aromatic nitrogens is 6. The lowest BCUT2D eigenvalue weighted by Crippen LogP contribution is -2.01. The molecule has 0 saturated carbocycles. The second-order valence-electron chi connectivity index (χ2n) is 2.33. The molecule has 0 aromatic carbocycles. The molecule has 0 bridgehead atoms. The Hall–Kier alpha value is -2.05. The molecular weight excluding hydrogens is 170 g/mol. The SMILES string of the molecule is C=Nc1n[nH]c(Cn2cncn2)n1. The van der Waals surface area contributed by atoms with Gasteiger partial charge in [-0.25, -0.2) is 14.7 Å². The molecule has 0 unspecified atom stereocenters. The average Bonchev–Trinajstić information content (AvgIpc) is 2.76. The first kappa shape index (κ1) is 7.59. The number of aliphatic imine (C=N–C) groups is 1. The second kappa shape index (κ2) is 3.13. The van der Waals surface area contributed by atoms with E-state index in [1.54, 1.807) is 11.0 Å². The fraction of sp³-hybridized carbons (Fsp3) is 0.167. The summed E-state index contributed by atoms with van der Waals surface area (Å²) in [5.41, 5.74) is 0. The quantitative estimate of drug-likeness (QED) is 0.656. The number of rotatable bonds is 3. The van der Waals surface area contributed by atoms with Crippen molar-refractivity contribution in [1.82, 2.24) is 29.9 Å². The highest BCUT2D eigenvalue weighted by molar-refractivity contribution is 5.33. The lowest BCUT2D eigenvalue weighted by atomic mass is 10.6. The summed E-state index contributed by atoms with van der Waals surface area (Å²) in [6.45, 7) is 3.81. The Balaban J connectivity index is 2.14. The van der Waals surface area contributed by atoms with Crippen LogP contribution in [0.25, 0.3) is 0 Å². The summed E-state index contributed by atoms with van der Waals surface area (Å²) in [7, 11) is 0. The van der Waals surface area contributed by atoms with Gasteiger partial charge >= 0.3 is 0 Å². The zero-order chi connectivity index (χ0) is 9.10. The Morgan fingerprint density at radius 1 is 1.62 bits per heavy atom. The highest BCUT2D eigenvalue weighted by atomic mass is 15.3. The van der Waals surface area contributed by atoms with E-state index in [1.165, 1.54) is 6.33 Å². The first-order valence-electron chi connectivity index (χ1n) is 3.59. The molecule has 0 aliphatic heterocycles. The minimum absolute atomic E-state index is 0.343. The van der Waals surface area contributed by atoms with Gasteiger partial charge in [0.2, 0.25) is 0 Å². The van der Waals surface area contributed by atoms with Gasteiger partial charge in [-0.05, 0) is 6.72 Å². The minimum Gasteiger partial charge on any atom is -0.259 e. The van der Waals surface area contributed by atoms with Crippen molar-refractivity contribution in [3.8, 4) is 0 Å². The monoisotopic (exact) mass is 177 g/mol. The summed E-state index contributed by atoms with van der Waals surface area (Å²) < 4.78 is 1.63. The topological polar surface area (TPSA) is 84.6 Å². The molecule has 0 aliphatic rings. The van der Waals surface area contributed by atoms with E-state index in [-0.39, 0.29) is 0 Å². The van der Waals surface area contributed by atoms with Gasteiger partial charge in [0.1, 0.15) is 25.0 Å². The lowest BCUT2D eigenvalue weighted by molar-refractivity contribution is 0.656. The molecule has 0 radical (unpaired) electrons. The maximum Gasteiger partial charge on any atom is 0.267 e. The Bertz CT molecular complexity index is 387. The Kier molecular flexibility index (Phi) is 1.83. The van der Waals surface area contributed by atoms with Gasteiger partial charge in [-0.15, -0.1) is 5.10 Å². The summed E-state index contributed by atoms with van der Waals surface area (Å²) in [6.07, 6.45) is 3.06. The molecule has 0 saturated heterocycles. The molecule has 2 aromatic heterocycles. The molecule has 2 rings (SSSR count). The maximum absolute atomic E-state index is 4.02. The van der Waals surface area contributed by atoms with Crippen molar-refractivity contribution in [3.63, 3.8) is 0 Å². The van der Waals surface area contributed by atoms with Gasteiger partial charge in [0, 0.05) is 0 Å². The smallest absolute Gasteiger partial charge is 0.259 e. The molecule has 2 aromatic rings. The van der Waals surface area contributed by atoms with Crippen molar-refractivity contribution in [2.45, 2.75) is 6.54 Å². The van der Waals surface area contributed by atoms with Crippen molar-refractivity contribution in [1.29, 1.82) is 0 Å². The van der Waals surface area contributed by atoms with E-state index in [1.807, 2.05) is 0 Å². The molecule has 0 aliphatic carbocycles. The van der Waals surface area contributed by atoms with Gasteiger partial charge in [-0.2, -0.15) is 10.1 Å². The van der Waals surface area contributed by atoms with Crippen LogP contribution in [-0.4, -0.2) is 36.7 Å². The van der Waals surface area contributed by atoms with E-state index in [0.29, 0.717) is 18.3 Å². The van der Waals surface area contributed by atoms with Crippen LogP contribution < -0.4 is 0 Å². The number of hydrogen-bond acceptors (Lipinski definition) is 5. The number of nitrogens with one attached hydrogen (secondary N) is 1. The molecule has 66 valence electrons. The van der Waals surface area contributed by atoms with Crippen molar-refractivity contribution < 1.29 is 0 Å². The van der Waals surface area contributed by atoms with Crippen LogP contribution in [0.2, 0.25) is 0 Å². The lowest BCUT2D eigenvalue weighted by Gasteiger charge is -1.92. The van der Waals surface area contributed by atoms with Crippen LogP contribution in [-0.2, 0) is 6.54 Å². The number of nitrogens with zero attached hydrogens (tertiary/aromatic N) is 6. The Morgan fingerprint density at radius 2 is 2.54 bits per heavy atom. The predicted molar refractivity (Wildman–Crippen MR) is 44.7 cm³/mol. The molecule has 13 heavy (non-hydrogen) atoms. The van der Waals surface area contributed by atoms with E-state index in [4.69, 9.17) is 0 Å². The summed E-state index contributed by atoms with van der Waals surface area (Å²) in [5, 5.41) is 10.4. The highest BCUT2D eigenvalue weighted by Gasteiger charge is 2.01. The second-order valence-corrected chi connectivity index (χ2v) is 2.33. The van der Waals surface area contributed by atoms with Gasteiger partial charge in [0.15, 0.2) is 0 Å². The first-order chi connectivity index (χ1) is 6.38. The summed E-state index contributed by atoms with van der Waals surface area (Å²) >= 11 is 0. The average molecular weight is 177 g/mol. The molecule has 0 fully saturated rings. The Morgan fingerprint density at radius 3 is 3.15 bits per heavy atom. The molecule has 1 N–H and O–H groups in total. The maximum atomic E-state index is 4.02. The normalized spacial score (nSPS) is 10.2. The van der Waals surface area contributed by atoms with Gasteiger partial charge in [-0.1, -0.05) is 0 Å². The van der Waals surface area contributed by atoms with Gasteiger partial charge in [0.25, 0.3) is 5.95 Å². The van der Waals surface area contributed by atoms with Crippen molar-refractivity contribution in [2.75, 3.05) is 0 Å². The standard InChI is InChI=1S/C6H7N7/c1-7-6-10-5(11-12-6)2-13-4-8-3-9-13/h3-4H,1-2H2,(H,10,11,12). The van der Waals surface area contributed by atoms with Crippen LogP contribution >= 0.6 is 0 Å². The third-order valence-corrected chi connectivity index (χ3v) is 1.44. The van der Waals surface area contributed by atoms with Crippen LogP contribution in [0.4, 0.5) is 5.95 Å². The van der Waals surface area contributed by atoms with Crippen LogP contribution in [0.15, 0.2) is 17.6 Å². The first-order valence-corrected chi connectivity index (χ1v) is 3.59. The van der Waals surface area contributed by atoms with Gasteiger partial charge < -0.3 is 0 Å². The highest BCUT2D eigenvalue weighted by Crippen LogP contribution is 2.01. The molecule has 0 atom stereocenters. The fourth-order valence-corrected chi connectivity index (χ4v) is 0.894. The summed E-state index contributed by atoms with van der Waals surface area (Å²) in [4.78, 5) is 11.4. The van der Waals surface area contributed by atoms with Crippen molar-refractivity contribution >= 4 is 12.7 Å². The summed E-state index contributed by atoms with van der Waals surface area (Å²) in [6, 6.07) is 0. The van der Waals surface area contributed by atoms with E-state index in [0.717, 1.165) is 0 Å². The third-order valence-electron chi connectivity index (χ3n) is 1.44. The largest absolute Gasteiger partial charge is 0.267 e. The van der Waals surface area contributed by atoms with Crippen LogP contribution in [0.1, 0.15) is 5.82 Å². The number of H-pyrrole nitrogens is 1. The van der Waals surface area contributed by atoms with Crippen molar-refractivity contribution in [3.05, 3.63) is 18.5 Å². The number of aromatic amines is 1. The summed E-state index contributed by atoms with van der Waals surface area (Å²) in [5.74, 6) is 1.02. The molecule has 0 amide bonds. The van der Waals surface area contributed by atoms with E-state index >= 15 is 0 Å². The zero-order valence-electron chi connectivity index (χ0n) is 6.75. The van der Waals surface area contributed by atoms with Crippen LogP contribution in [0.3, 0.4) is 0 Å². The Labute approximate surface area is 73.6 Å². The van der Waals surface area contributed by atoms with Crippen LogP contribution in [0.5, 0.6) is 0 Å². The van der Waals surface area contributed by atoms with Gasteiger partial charge in [0.05, 0.1) is 0 Å². The van der Waals surface area contributed by atoms with E-state index in [2.05, 4.69) is 37.0 Å². The zero-order valence-corrected chi connectivity index (χ0v) is 6.75. The third kappa shape index (κ3) is 1.58. The van der Waals surface area contributed by atoms with Crippen molar-refractivity contribution in [2.24, 2.45) is 4.99 Å². The predicted octanol–water partition coefficient (Wildman–Crippen LogP) is -0.223. The van der Waals surface area contributed by atoms with Gasteiger partial charge in [-0.3, -0.25) is 5.10 Å². The minimum atomic E-state index is 0.343. The molecule has 7 nitrogen and oxygen atoms in total. The van der Waals surface area contributed by atoms with E-state index < -0.39 is 0 Å². The van der Waals surface area contributed by atoms with Crippen LogP contribution in [0, 0.1) is 0 Å². The number of hydrogen-bond donors (Lipinski definition) is 1. The molecule has 0 spiro atoms.